The molecule has 2 amide bonds. The van der Waals surface area contributed by atoms with E-state index < -0.39 is 0 Å². The van der Waals surface area contributed by atoms with Gasteiger partial charge in [0.05, 0.1) is 12.0 Å². The molecule has 2 N–H and O–H groups in total. The minimum atomic E-state index is -0.299. The number of nitrogens with one attached hydrogen (secondary N) is 2. The fourth-order valence-corrected chi connectivity index (χ4v) is 2.91. The Hall–Kier alpha value is -3.32. The summed E-state index contributed by atoms with van der Waals surface area (Å²) in [6, 6.07) is 17.5. The average Bonchev–Trinajstić information content (AvgIpc) is 3.22. The summed E-state index contributed by atoms with van der Waals surface area (Å²) in [6.45, 7) is -0.127. The van der Waals surface area contributed by atoms with Crippen molar-refractivity contribution in [2.45, 2.75) is 0 Å². The highest BCUT2D eigenvalue weighted by Gasteiger charge is 2.08. The standard InChI is InChI=1S/C20H18N2O4S/c1-25-16-7-9-17(10-8-16)26-13-19(23)21-14-4-2-5-15(12-14)22-20(24)18-6-3-11-27-18/h2-12H,13H2,1H3,(H,21,23)(H,22,24). The van der Waals surface area contributed by atoms with Gasteiger partial charge in [-0.05, 0) is 53.9 Å². The summed E-state index contributed by atoms with van der Waals surface area (Å²) in [5.41, 5.74) is 1.17. The molecule has 7 heteroatoms. The van der Waals surface area contributed by atoms with E-state index in [-0.39, 0.29) is 18.4 Å². The van der Waals surface area contributed by atoms with Crippen LogP contribution in [0.25, 0.3) is 0 Å². The van der Waals surface area contributed by atoms with Gasteiger partial charge in [-0.2, -0.15) is 0 Å². The summed E-state index contributed by atoms with van der Waals surface area (Å²) in [5.74, 6) is 0.806. The van der Waals surface area contributed by atoms with Gasteiger partial charge in [0, 0.05) is 11.4 Å². The van der Waals surface area contributed by atoms with Gasteiger partial charge < -0.3 is 20.1 Å². The molecule has 0 bridgehead atoms. The van der Waals surface area contributed by atoms with Gasteiger partial charge in [-0.1, -0.05) is 12.1 Å². The van der Waals surface area contributed by atoms with Crippen LogP contribution >= 0.6 is 11.3 Å². The zero-order chi connectivity index (χ0) is 19.1. The maximum absolute atomic E-state index is 12.1. The normalized spacial score (nSPS) is 10.1. The van der Waals surface area contributed by atoms with Crippen LogP contribution in [-0.2, 0) is 4.79 Å². The van der Waals surface area contributed by atoms with Crippen LogP contribution in [0.2, 0.25) is 0 Å². The number of amides is 2. The molecule has 0 atom stereocenters. The van der Waals surface area contributed by atoms with Gasteiger partial charge in [-0.25, -0.2) is 0 Å². The minimum Gasteiger partial charge on any atom is -0.497 e. The van der Waals surface area contributed by atoms with Gasteiger partial charge in [-0.15, -0.1) is 11.3 Å². The summed E-state index contributed by atoms with van der Waals surface area (Å²) in [4.78, 5) is 24.8. The number of anilines is 2. The van der Waals surface area contributed by atoms with Crippen molar-refractivity contribution < 1.29 is 19.1 Å². The van der Waals surface area contributed by atoms with Crippen LogP contribution in [-0.4, -0.2) is 25.5 Å². The second-order valence-electron chi connectivity index (χ2n) is 5.52. The molecular weight excluding hydrogens is 364 g/mol. The van der Waals surface area contributed by atoms with E-state index in [0.717, 1.165) is 0 Å². The number of hydrogen-bond acceptors (Lipinski definition) is 5. The third-order valence-electron chi connectivity index (χ3n) is 3.58. The Balaban J connectivity index is 1.53. The zero-order valence-electron chi connectivity index (χ0n) is 14.6. The highest BCUT2D eigenvalue weighted by Crippen LogP contribution is 2.19. The number of methoxy groups -OCH3 is 1. The van der Waals surface area contributed by atoms with E-state index in [0.29, 0.717) is 27.8 Å². The Kier molecular flexibility index (Phi) is 6.06. The van der Waals surface area contributed by atoms with Crippen LogP contribution in [0.5, 0.6) is 11.5 Å². The first-order chi connectivity index (χ1) is 13.1. The first kappa shape index (κ1) is 18.5. The number of thiophene rings is 1. The van der Waals surface area contributed by atoms with E-state index in [1.165, 1.54) is 11.3 Å². The summed E-state index contributed by atoms with van der Waals surface area (Å²) < 4.78 is 10.5. The van der Waals surface area contributed by atoms with Crippen LogP contribution in [0.1, 0.15) is 9.67 Å². The monoisotopic (exact) mass is 382 g/mol. The van der Waals surface area contributed by atoms with Crippen molar-refractivity contribution in [2.75, 3.05) is 24.4 Å². The first-order valence-corrected chi connectivity index (χ1v) is 9.03. The number of hydrogen-bond donors (Lipinski definition) is 2. The number of ether oxygens (including phenoxy) is 2. The van der Waals surface area contributed by atoms with Crippen molar-refractivity contribution in [1.29, 1.82) is 0 Å². The predicted octanol–water partition coefficient (Wildman–Crippen LogP) is 4.03. The van der Waals surface area contributed by atoms with Crippen LogP contribution in [0.3, 0.4) is 0 Å². The SMILES string of the molecule is COc1ccc(OCC(=O)Nc2cccc(NC(=O)c3cccs3)c2)cc1. The smallest absolute Gasteiger partial charge is 0.265 e. The number of carbonyl (C=O) groups excluding carboxylic acids is 2. The largest absolute Gasteiger partial charge is 0.497 e. The fraction of sp³-hybridized carbons (Fsp3) is 0.100. The second-order valence-corrected chi connectivity index (χ2v) is 6.47. The topological polar surface area (TPSA) is 76.7 Å². The summed E-state index contributed by atoms with van der Waals surface area (Å²) in [5, 5.41) is 7.39. The maximum Gasteiger partial charge on any atom is 0.265 e. The predicted molar refractivity (Wildman–Crippen MR) is 106 cm³/mol. The van der Waals surface area contributed by atoms with Crippen LogP contribution in [0, 0.1) is 0 Å². The number of carbonyl (C=O) groups is 2. The Labute approximate surface area is 160 Å². The van der Waals surface area contributed by atoms with Gasteiger partial charge >= 0.3 is 0 Å². The van der Waals surface area contributed by atoms with Crippen molar-refractivity contribution in [3.63, 3.8) is 0 Å². The lowest BCUT2D eigenvalue weighted by Gasteiger charge is -2.10. The molecule has 27 heavy (non-hydrogen) atoms. The molecule has 3 aromatic rings. The molecule has 6 nitrogen and oxygen atoms in total. The van der Waals surface area contributed by atoms with Gasteiger partial charge in [0.25, 0.3) is 11.8 Å². The van der Waals surface area contributed by atoms with Gasteiger partial charge in [0.2, 0.25) is 0 Å². The Morgan fingerprint density at radius 3 is 2.30 bits per heavy atom. The molecule has 0 spiro atoms. The van der Waals surface area contributed by atoms with E-state index >= 15 is 0 Å². The molecule has 0 aliphatic carbocycles. The lowest BCUT2D eigenvalue weighted by Crippen LogP contribution is -2.20. The second kappa shape index (κ2) is 8.86. The van der Waals surface area contributed by atoms with E-state index in [4.69, 9.17) is 9.47 Å². The van der Waals surface area contributed by atoms with Crippen LogP contribution in [0.15, 0.2) is 66.0 Å². The van der Waals surface area contributed by atoms with Gasteiger partial charge in [-0.3, -0.25) is 9.59 Å². The van der Waals surface area contributed by atoms with Crippen molar-refractivity contribution in [1.82, 2.24) is 0 Å². The van der Waals surface area contributed by atoms with E-state index in [1.54, 1.807) is 61.7 Å². The van der Waals surface area contributed by atoms with E-state index in [1.807, 2.05) is 11.4 Å². The molecular formula is C20H18N2O4S. The molecule has 3 rings (SSSR count). The van der Waals surface area contributed by atoms with Crippen molar-refractivity contribution in [3.8, 4) is 11.5 Å². The Morgan fingerprint density at radius 1 is 0.926 bits per heavy atom. The number of benzene rings is 2. The highest BCUT2D eigenvalue weighted by atomic mass is 32.1. The van der Waals surface area contributed by atoms with Crippen molar-refractivity contribution >= 4 is 34.5 Å². The molecule has 1 aromatic heterocycles. The summed E-state index contributed by atoms with van der Waals surface area (Å²) in [6.07, 6.45) is 0. The highest BCUT2D eigenvalue weighted by molar-refractivity contribution is 7.12. The minimum absolute atomic E-state index is 0.127. The third-order valence-corrected chi connectivity index (χ3v) is 4.45. The van der Waals surface area contributed by atoms with Gasteiger partial charge in [0.1, 0.15) is 11.5 Å². The average molecular weight is 382 g/mol. The Bertz CT molecular complexity index is 908. The van der Waals surface area contributed by atoms with Crippen molar-refractivity contribution in [2.24, 2.45) is 0 Å². The molecule has 0 fully saturated rings. The molecule has 0 aliphatic rings. The number of rotatable bonds is 7. The summed E-state index contributed by atoms with van der Waals surface area (Å²) in [7, 11) is 1.58. The first-order valence-electron chi connectivity index (χ1n) is 8.15. The molecule has 0 unspecified atom stereocenters. The molecule has 0 radical (unpaired) electrons. The zero-order valence-corrected chi connectivity index (χ0v) is 15.4. The van der Waals surface area contributed by atoms with Crippen LogP contribution < -0.4 is 20.1 Å². The molecule has 138 valence electrons. The maximum atomic E-state index is 12.1. The summed E-state index contributed by atoms with van der Waals surface area (Å²) >= 11 is 1.37. The third kappa shape index (κ3) is 5.32. The van der Waals surface area contributed by atoms with Crippen LogP contribution in [0.4, 0.5) is 11.4 Å². The lowest BCUT2D eigenvalue weighted by atomic mass is 10.2. The molecule has 0 aliphatic heterocycles. The lowest BCUT2D eigenvalue weighted by molar-refractivity contribution is -0.118. The Morgan fingerprint density at radius 2 is 1.63 bits per heavy atom. The quantitative estimate of drug-likeness (QED) is 0.647. The fourth-order valence-electron chi connectivity index (χ4n) is 2.29. The van der Waals surface area contributed by atoms with E-state index in [2.05, 4.69) is 10.6 Å². The molecule has 2 aromatic carbocycles. The van der Waals surface area contributed by atoms with E-state index in [9.17, 15) is 9.59 Å². The molecule has 0 saturated carbocycles. The molecule has 1 heterocycles. The van der Waals surface area contributed by atoms with Gasteiger partial charge in [0.15, 0.2) is 6.61 Å². The van der Waals surface area contributed by atoms with Crippen molar-refractivity contribution in [3.05, 3.63) is 70.9 Å². The molecule has 0 saturated heterocycles.